The molecule has 6 nitrogen and oxygen atoms in total. The second kappa shape index (κ2) is 10.0. The normalized spacial score (nSPS) is 15.6. The summed E-state index contributed by atoms with van der Waals surface area (Å²) in [6.45, 7) is 1.23. The number of carbonyl (C=O) groups excluding carboxylic acids is 2. The molecule has 0 saturated heterocycles. The van der Waals surface area contributed by atoms with E-state index in [4.69, 9.17) is 27.9 Å². The van der Waals surface area contributed by atoms with Crippen LogP contribution in [0.3, 0.4) is 0 Å². The molecule has 1 aliphatic heterocycles. The Balaban J connectivity index is 1.92. The molecule has 1 aliphatic rings. The fourth-order valence-electron chi connectivity index (χ4n) is 3.62. The molecule has 2 aromatic rings. The molecule has 9 heteroatoms. The van der Waals surface area contributed by atoms with Crippen LogP contribution in [0.15, 0.2) is 29.6 Å². The number of nitrogens with zero attached hydrogens (tertiary/aromatic N) is 3. The Kier molecular flexibility index (Phi) is 7.63. The van der Waals surface area contributed by atoms with E-state index in [1.165, 1.54) is 14.7 Å². The maximum Gasteiger partial charge on any atom is 0.320 e. The van der Waals surface area contributed by atoms with Crippen LogP contribution < -0.4 is 0 Å². The number of halogens is 2. The number of hydrogen-bond acceptors (Lipinski definition) is 4. The van der Waals surface area contributed by atoms with Gasteiger partial charge in [-0.2, -0.15) is 0 Å². The van der Waals surface area contributed by atoms with Gasteiger partial charge in [-0.1, -0.05) is 29.3 Å². The third-order valence-corrected chi connectivity index (χ3v) is 6.65. The van der Waals surface area contributed by atoms with Crippen molar-refractivity contribution < 1.29 is 14.3 Å². The van der Waals surface area contributed by atoms with Crippen LogP contribution in [0, 0.1) is 0 Å². The maximum atomic E-state index is 13.4. The average molecular weight is 470 g/mol. The van der Waals surface area contributed by atoms with Crippen LogP contribution in [0.5, 0.6) is 0 Å². The number of methoxy groups -OCH3 is 1. The van der Waals surface area contributed by atoms with Gasteiger partial charge in [0.15, 0.2) is 0 Å². The second-order valence-corrected chi connectivity index (χ2v) is 9.14. The summed E-state index contributed by atoms with van der Waals surface area (Å²) in [4.78, 5) is 32.0. The Morgan fingerprint density at radius 2 is 2.00 bits per heavy atom. The van der Waals surface area contributed by atoms with Crippen molar-refractivity contribution in [1.82, 2.24) is 14.7 Å². The van der Waals surface area contributed by atoms with Gasteiger partial charge in [-0.25, -0.2) is 4.79 Å². The fraction of sp³-hybridized carbons (Fsp3) is 0.429. The third kappa shape index (κ3) is 4.91. The summed E-state index contributed by atoms with van der Waals surface area (Å²) in [6.07, 6.45) is 0.778. The lowest BCUT2D eigenvalue weighted by molar-refractivity contribution is -0.134. The molecule has 30 heavy (non-hydrogen) atoms. The monoisotopic (exact) mass is 469 g/mol. The maximum absolute atomic E-state index is 13.4. The molecule has 3 rings (SSSR count). The highest BCUT2D eigenvalue weighted by Gasteiger charge is 2.35. The Hall–Kier alpha value is -1.80. The van der Waals surface area contributed by atoms with E-state index in [9.17, 15) is 9.59 Å². The summed E-state index contributed by atoms with van der Waals surface area (Å²) < 4.78 is 5.12. The minimum atomic E-state index is -0.309. The average Bonchev–Trinajstić information content (AvgIpc) is 3.19. The molecular formula is C21H25Cl2N3O3S. The number of fused-ring (bicyclic) bond motifs is 1. The summed E-state index contributed by atoms with van der Waals surface area (Å²) in [5, 5.41) is 3.10. The van der Waals surface area contributed by atoms with Gasteiger partial charge in [0.2, 0.25) is 5.91 Å². The molecule has 1 unspecified atom stereocenters. The lowest BCUT2D eigenvalue weighted by atomic mass is 9.93. The van der Waals surface area contributed by atoms with E-state index in [-0.39, 0.29) is 24.5 Å². The number of carbonyl (C=O) groups is 2. The number of hydrogen-bond donors (Lipinski definition) is 0. The number of rotatable bonds is 6. The predicted octanol–water partition coefficient (Wildman–Crippen LogP) is 4.16. The molecule has 0 radical (unpaired) electrons. The van der Waals surface area contributed by atoms with Gasteiger partial charge in [0, 0.05) is 49.2 Å². The first-order valence-corrected chi connectivity index (χ1v) is 11.2. The summed E-state index contributed by atoms with van der Waals surface area (Å²) in [6, 6.07) is 6.86. The van der Waals surface area contributed by atoms with Gasteiger partial charge in [-0.15, -0.1) is 11.3 Å². The predicted molar refractivity (Wildman–Crippen MR) is 121 cm³/mol. The van der Waals surface area contributed by atoms with Crippen LogP contribution in [0.2, 0.25) is 10.0 Å². The number of amides is 3. The molecule has 0 N–H and O–H groups in total. The molecule has 1 atom stereocenters. The first-order chi connectivity index (χ1) is 14.3. The minimum absolute atomic E-state index is 0.0262. The van der Waals surface area contributed by atoms with Gasteiger partial charge in [0.05, 0.1) is 12.6 Å². The van der Waals surface area contributed by atoms with Gasteiger partial charge < -0.3 is 19.4 Å². The van der Waals surface area contributed by atoms with E-state index in [1.807, 2.05) is 22.4 Å². The van der Waals surface area contributed by atoms with E-state index < -0.39 is 0 Å². The van der Waals surface area contributed by atoms with Gasteiger partial charge in [0.25, 0.3) is 0 Å². The van der Waals surface area contributed by atoms with Crippen molar-refractivity contribution in [3.63, 3.8) is 0 Å². The van der Waals surface area contributed by atoms with Crippen molar-refractivity contribution >= 4 is 46.5 Å². The molecule has 3 amide bonds. The van der Waals surface area contributed by atoms with Crippen molar-refractivity contribution in [2.45, 2.75) is 12.5 Å². The van der Waals surface area contributed by atoms with Crippen molar-refractivity contribution in [2.24, 2.45) is 0 Å². The lowest BCUT2D eigenvalue weighted by Gasteiger charge is -2.38. The largest absolute Gasteiger partial charge is 0.383 e. The van der Waals surface area contributed by atoms with Gasteiger partial charge in [0.1, 0.15) is 6.54 Å². The second-order valence-electron chi connectivity index (χ2n) is 7.30. The van der Waals surface area contributed by atoms with Crippen molar-refractivity contribution in [3.8, 4) is 0 Å². The van der Waals surface area contributed by atoms with Crippen LogP contribution in [0.1, 0.15) is 22.0 Å². The van der Waals surface area contributed by atoms with Gasteiger partial charge in [-0.05, 0) is 41.1 Å². The Labute approximate surface area is 190 Å². The molecule has 0 aliphatic carbocycles. The van der Waals surface area contributed by atoms with Crippen LogP contribution in [0.25, 0.3) is 0 Å². The minimum Gasteiger partial charge on any atom is -0.383 e. The molecule has 162 valence electrons. The highest BCUT2D eigenvalue weighted by Crippen LogP contribution is 2.41. The summed E-state index contributed by atoms with van der Waals surface area (Å²) in [5.41, 5.74) is 1.90. The Morgan fingerprint density at radius 3 is 2.67 bits per heavy atom. The zero-order chi connectivity index (χ0) is 21.8. The Bertz CT molecular complexity index is 919. The molecule has 0 bridgehead atoms. The fourth-order valence-corrected chi connectivity index (χ4v) is 5.04. The molecule has 1 aromatic carbocycles. The van der Waals surface area contributed by atoms with E-state index >= 15 is 0 Å². The standard InChI is InChI=1S/C21H25Cl2N3O3S/c1-24(2)21(28)25(9-10-29-3)13-19(27)26-8-6-18-16(7-11-30-18)20(26)15-5-4-14(22)12-17(15)23/h4-5,7,11-12,20H,6,8-10,13H2,1-3H3. The van der Waals surface area contributed by atoms with Gasteiger partial charge >= 0.3 is 6.03 Å². The summed E-state index contributed by atoms with van der Waals surface area (Å²) >= 11 is 14.3. The van der Waals surface area contributed by atoms with Crippen LogP contribution in [-0.2, 0) is 16.0 Å². The first kappa shape index (κ1) is 22.9. The molecule has 1 aromatic heterocycles. The van der Waals surface area contributed by atoms with Crippen molar-refractivity contribution in [3.05, 3.63) is 55.7 Å². The van der Waals surface area contributed by atoms with E-state index in [2.05, 4.69) is 0 Å². The topological polar surface area (TPSA) is 53.1 Å². The SMILES string of the molecule is COCCN(CC(=O)N1CCc2sccc2C1c1ccc(Cl)cc1Cl)C(=O)N(C)C. The van der Waals surface area contributed by atoms with E-state index in [0.29, 0.717) is 29.7 Å². The van der Waals surface area contributed by atoms with E-state index in [1.54, 1.807) is 44.7 Å². The van der Waals surface area contributed by atoms with Gasteiger partial charge in [-0.3, -0.25) is 4.79 Å². The lowest BCUT2D eigenvalue weighted by Crippen LogP contribution is -2.49. The van der Waals surface area contributed by atoms with Crippen molar-refractivity contribution in [1.29, 1.82) is 0 Å². The molecular weight excluding hydrogens is 445 g/mol. The molecule has 0 spiro atoms. The highest BCUT2D eigenvalue weighted by molar-refractivity contribution is 7.10. The first-order valence-electron chi connectivity index (χ1n) is 9.59. The molecule has 0 fully saturated rings. The molecule has 2 heterocycles. The highest BCUT2D eigenvalue weighted by atomic mass is 35.5. The number of urea groups is 1. The third-order valence-electron chi connectivity index (χ3n) is 5.09. The summed E-state index contributed by atoms with van der Waals surface area (Å²) in [7, 11) is 4.91. The van der Waals surface area contributed by atoms with Crippen LogP contribution >= 0.6 is 34.5 Å². The smallest absolute Gasteiger partial charge is 0.320 e. The van der Waals surface area contributed by atoms with Crippen LogP contribution in [0.4, 0.5) is 4.79 Å². The van der Waals surface area contributed by atoms with Crippen molar-refractivity contribution in [2.75, 3.05) is 47.4 Å². The number of ether oxygens (including phenoxy) is 1. The summed E-state index contributed by atoms with van der Waals surface area (Å²) in [5.74, 6) is -0.130. The zero-order valence-corrected chi connectivity index (χ0v) is 19.6. The quantitative estimate of drug-likeness (QED) is 0.637. The van der Waals surface area contributed by atoms with Crippen LogP contribution in [-0.4, -0.2) is 74.1 Å². The molecule has 0 saturated carbocycles. The number of benzene rings is 1. The number of thiophene rings is 1. The zero-order valence-electron chi connectivity index (χ0n) is 17.2. The Morgan fingerprint density at radius 1 is 1.23 bits per heavy atom. The van der Waals surface area contributed by atoms with E-state index in [0.717, 1.165) is 17.5 Å².